The van der Waals surface area contributed by atoms with Crippen molar-refractivity contribution >= 4 is 0 Å². The van der Waals surface area contributed by atoms with E-state index in [2.05, 4.69) is 0 Å². The van der Waals surface area contributed by atoms with E-state index >= 15 is 0 Å². The molecular formula is C24H23F17. The summed E-state index contributed by atoms with van der Waals surface area (Å²) >= 11 is 0. The van der Waals surface area contributed by atoms with E-state index in [0.29, 0.717) is 24.5 Å². The molecule has 238 valence electrons. The van der Waals surface area contributed by atoms with Gasteiger partial charge in [0.1, 0.15) is 0 Å². The normalized spacial score (nSPS) is 20.8. The van der Waals surface area contributed by atoms with Crippen molar-refractivity contribution in [2.24, 2.45) is 11.8 Å². The number of benzene rings is 1. The van der Waals surface area contributed by atoms with Gasteiger partial charge in [0, 0.05) is 5.56 Å². The number of hydrogen-bond acceptors (Lipinski definition) is 0. The summed E-state index contributed by atoms with van der Waals surface area (Å²) in [4.78, 5) is 0. The van der Waals surface area contributed by atoms with E-state index in [1.807, 2.05) is 6.92 Å². The van der Waals surface area contributed by atoms with Crippen LogP contribution in [-0.4, -0.2) is 41.7 Å². The average Bonchev–Trinajstić information content (AvgIpc) is 2.86. The highest BCUT2D eigenvalue weighted by Crippen LogP contribution is 2.65. The molecule has 17 heteroatoms. The molecule has 1 aromatic carbocycles. The lowest BCUT2D eigenvalue weighted by Gasteiger charge is -2.42. The molecule has 1 fully saturated rings. The van der Waals surface area contributed by atoms with E-state index in [-0.39, 0.29) is 30.0 Å². The summed E-state index contributed by atoms with van der Waals surface area (Å²) in [5.41, 5.74) is -1.98. The van der Waals surface area contributed by atoms with Crippen molar-refractivity contribution in [1.29, 1.82) is 0 Å². The molecule has 41 heavy (non-hydrogen) atoms. The van der Waals surface area contributed by atoms with E-state index in [1.54, 1.807) is 0 Å². The van der Waals surface area contributed by atoms with E-state index in [0.717, 1.165) is 32.1 Å². The first-order valence-electron chi connectivity index (χ1n) is 12.0. The van der Waals surface area contributed by atoms with E-state index in [1.165, 1.54) is 0 Å². The van der Waals surface area contributed by atoms with Gasteiger partial charge in [0.2, 0.25) is 0 Å². The maximum Gasteiger partial charge on any atom is 0.460 e. The summed E-state index contributed by atoms with van der Waals surface area (Å²) in [5, 5.41) is 0. The van der Waals surface area contributed by atoms with Crippen molar-refractivity contribution in [3.8, 4) is 0 Å². The van der Waals surface area contributed by atoms with Gasteiger partial charge in [-0.05, 0) is 30.2 Å². The van der Waals surface area contributed by atoms with Crippen LogP contribution in [0.2, 0.25) is 0 Å². The Morgan fingerprint density at radius 2 is 0.878 bits per heavy atom. The first-order chi connectivity index (χ1) is 18.2. The molecular weight excluding hydrogens is 611 g/mol. The van der Waals surface area contributed by atoms with Gasteiger partial charge in [-0.25, -0.2) is 0 Å². The summed E-state index contributed by atoms with van der Waals surface area (Å²) in [7, 11) is 0. The Kier molecular flexibility index (Phi) is 9.40. The van der Waals surface area contributed by atoms with Gasteiger partial charge in [0.15, 0.2) is 0 Å². The zero-order chi connectivity index (χ0) is 32.1. The average molecular weight is 634 g/mol. The third-order valence-electron chi connectivity index (χ3n) is 7.42. The van der Waals surface area contributed by atoms with Crippen LogP contribution in [-0.2, 0) is 12.3 Å². The SMILES string of the molecule is CC[C@H]1CC[C@H](CCc2ccc(C(F)(F)C(F)(F)C(F)(F)C(F)(F)C(F)(F)C(F)(F)C(F)(F)C(F)(F)F)cc2)CC1. The lowest BCUT2D eigenvalue weighted by molar-refractivity contribution is -0.462. The highest BCUT2D eigenvalue weighted by atomic mass is 19.4. The van der Waals surface area contributed by atoms with Crippen LogP contribution in [0.3, 0.4) is 0 Å². The maximum atomic E-state index is 14.4. The van der Waals surface area contributed by atoms with Crippen molar-refractivity contribution in [2.75, 3.05) is 0 Å². The Balaban J connectivity index is 2.34. The van der Waals surface area contributed by atoms with Crippen LogP contribution in [0.15, 0.2) is 24.3 Å². The Morgan fingerprint density at radius 3 is 1.27 bits per heavy atom. The summed E-state index contributed by atoms with van der Waals surface area (Å²) < 4.78 is 229. The van der Waals surface area contributed by atoms with Crippen molar-refractivity contribution in [3.63, 3.8) is 0 Å². The zero-order valence-electron chi connectivity index (χ0n) is 20.8. The number of halogens is 17. The molecule has 2 rings (SSSR count). The highest BCUT2D eigenvalue weighted by Gasteiger charge is 2.95. The molecule has 0 aromatic heterocycles. The molecule has 0 spiro atoms. The van der Waals surface area contributed by atoms with Gasteiger partial charge in [-0.1, -0.05) is 63.3 Å². The predicted octanol–water partition coefficient (Wildman–Crippen LogP) is 10.3. The predicted molar refractivity (Wildman–Crippen MR) is 110 cm³/mol. The molecule has 1 aromatic rings. The van der Waals surface area contributed by atoms with E-state index in [9.17, 15) is 74.6 Å². The Hall–Kier alpha value is -1.97. The highest BCUT2D eigenvalue weighted by molar-refractivity contribution is 5.29. The Bertz CT molecular complexity index is 1020. The summed E-state index contributed by atoms with van der Waals surface area (Å²) in [5.74, 6) is -55.6. The molecule has 0 aliphatic heterocycles. The topological polar surface area (TPSA) is 0 Å². The van der Waals surface area contributed by atoms with Gasteiger partial charge in [0.25, 0.3) is 0 Å². The number of aryl methyl sites for hydroxylation is 1. The smallest absolute Gasteiger partial charge is 0.194 e. The fraction of sp³-hybridized carbons (Fsp3) is 0.750. The number of rotatable bonds is 11. The van der Waals surface area contributed by atoms with Crippen LogP contribution in [0.5, 0.6) is 0 Å². The molecule has 0 bridgehead atoms. The lowest BCUT2D eigenvalue weighted by Crippen LogP contribution is -2.74. The van der Waals surface area contributed by atoms with Gasteiger partial charge in [-0.2, -0.15) is 74.6 Å². The third kappa shape index (κ3) is 5.58. The van der Waals surface area contributed by atoms with Crippen LogP contribution < -0.4 is 0 Å². The van der Waals surface area contributed by atoms with Gasteiger partial charge in [-0.3, -0.25) is 0 Å². The van der Waals surface area contributed by atoms with Crippen LogP contribution in [0, 0.1) is 11.8 Å². The summed E-state index contributed by atoms with van der Waals surface area (Å²) in [6, 6.07) is 1.52. The van der Waals surface area contributed by atoms with Gasteiger partial charge < -0.3 is 0 Å². The monoisotopic (exact) mass is 634 g/mol. The van der Waals surface area contributed by atoms with Crippen LogP contribution >= 0.6 is 0 Å². The number of hydrogen-bond donors (Lipinski definition) is 0. The Labute approximate surface area is 222 Å². The van der Waals surface area contributed by atoms with Crippen molar-refractivity contribution in [1.82, 2.24) is 0 Å². The quantitative estimate of drug-likeness (QED) is 0.213. The molecule has 0 heterocycles. The molecule has 0 unspecified atom stereocenters. The first-order valence-corrected chi connectivity index (χ1v) is 12.0. The first kappa shape index (κ1) is 35.2. The molecule has 0 saturated heterocycles. The fourth-order valence-corrected chi connectivity index (χ4v) is 4.53. The molecule has 1 aliphatic carbocycles. The third-order valence-corrected chi connectivity index (χ3v) is 7.42. The molecule has 1 saturated carbocycles. The van der Waals surface area contributed by atoms with E-state index < -0.39 is 53.2 Å². The molecule has 0 atom stereocenters. The van der Waals surface area contributed by atoms with Crippen LogP contribution in [0.25, 0.3) is 0 Å². The largest absolute Gasteiger partial charge is 0.460 e. The molecule has 0 radical (unpaired) electrons. The molecule has 0 N–H and O–H groups in total. The van der Waals surface area contributed by atoms with Gasteiger partial charge >= 0.3 is 47.6 Å². The second-order valence-corrected chi connectivity index (χ2v) is 10.0. The van der Waals surface area contributed by atoms with Crippen molar-refractivity contribution in [3.05, 3.63) is 35.4 Å². The molecule has 0 nitrogen and oxygen atoms in total. The minimum absolute atomic E-state index is 0.0516. The zero-order valence-corrected chi connectivity index (χ0v) is 20.8. The second-order valence-electron chi connectivity index (χ2n) is 10.0. The minimum atomic E-state index is -8.62. The summed E-state index contributed by atoms with van der Waals surface area (Å²) in [6.45, 7) is 2.02. The minimum Gasteiger partial charge on any atom is -0.194 e. The van der Waals surface area contributed by atoms with E-state index in [4.69, 9.17) is 0 Å². The van der Waals surface area contributed by atoms with Gasteiger partial charge in [0.05, 0.1) is 0 Å². The Morgan fingerprint density at radius 1 is 0.512 bits per heavy atom. The van der Waals surface area contributed by atoms with Crippen molar-refractivity contribution < 1.29 is 74.6 Å². The molecule has 0 amide bonds. The summed E-state index contributed by atoms with van der Waals surface area (Å²) in [6.07, 6.45) is -2.50. The number of alkyl halides is 17. The van der Waals surface area contributed by atoms with Crippen LogP contribution in [0.4, 0.5) is 74.6 Å². The maximum absolute atomic E-state index is 14.4. The van der Waals surface area contributed by atoms with Crippen molar-refractivity contribution in [2.45, 2.75) is 99.5 Å². The van der Waals surface area contributed by atoms with Gasteiger partial charge in [-0.15, -0.1) is 0 Å². The van der Waals surface area contributed by atoms with Crippen LogP contribution in [0.1, 0.15) is 56.6 Å². The fourth-order valence-electron chi connectivity index (χ4n) is 4.53. The molecule has 1 aliphatic rings. The standard InChI is InChI=1S/C24H23F17/c1-2-13-3-5-14(6-4-13)7-8-15-9-11-16(12-10-15)17(25,26)18(27,28)19(29,30)20(31,32)21(33,34)22(35,36)23(37,38)24(39,40)41/h9-14H,2-8H2,1H3/t13-,14-. The lowest BCUT2D eigenvalue weighted by atomic mass is 9.78. The second kappa shape index (κ2) is 10.9.